The van der Waals surface area contributed by atoms with Gasteiger partial charge in [-0.1, -0.05) is 23.5 Å². The third-order valence-electron chi connectivity index (χ3n) is 3.53. The van der Waals surface area contributed by atoms with Crippen LogP contribution in [-0.2, 0) is 10.0 Å². The van der Waals surface area contributed by atoms with Gasteiger partial charge in [-0.2, -0.15) is 0 Å². The molecule has 8 heteroatoms. The Morgan fingerprint density at radius 1 is 1.17 bits per heavy atom. The number of nitrogens with zero attached hydrogens (tertiary/aromatic N) is 1. The lowest BCUT2D eigenvalue weighted by molar-refractivity contribution is 0.601. The Hall–Kier alpha value is -1.64. The molecule has 3 aromatic rings. The van der Waals surface area contributed by atoms with Crippen molar-refractivity contribution in [3.63, 3.8) is 0 Å². The maximum absolute atomic E-state index is 12.6. The Balaban J connectivity index is 2.06. The van der Waals surface area contributed by atoms with Crippen LogP contribution in [0.3, 0.4) is 0 Å². The van der Waals surface area contributed by atoms with Crippen molar-refractivity contribution in [1.82, 2.24) is 4.57 Å². The molecule has 0 unspecified atom stereocenters. The first-order valence-corrected chi connectivity index (χ1v) is 10.3. The number of hydrogen-bond donors (Lipinski definition) is 1. The Morgan fingerprint density at radius 2 is 1.88 bits per heavy atom. The number of anilines is 1. The molecule has 0 aliphatic rings. The van der Waals surface area contributed by atoms with Crippen molar-refractivity contribution in [3.05, 3.63) is 56.6 Å². The van der Waals surface area contributed by atoms with Gasteiger partial charge in [0.15, 0.2) is 0 Å². The molecule has 0 aliphatic carbocycles. The molecule has 1 aromatic heterocycles. The molecule has 0 bridgehead atoms. The van der Waals surface area contributed by atoms with Crippen molar-refractivity contribution >= 4 is 53.2 Å². The molecule has 0 atom stereocenters. The predicted molar refractivity (Wildman–Crippen MR) is 101 cm³/mol. The minimum atomic E-state index is -3.74. The molecular formula is C16H15BrN2O3S2. The zero-order valence-electron chi connectivity index (χ0n) is 13.0. The molecule has 3 rings (SSSR count). The van der Waals surface area contributed by atoms with Crippen molar-refractivity contribution < 1.29 is 8.42 Å². The van der Waals surface area contributed by atoms with Gasteiger partial charge < -0.3 is 0 Å². The Kier molecular flexibility index (Phi) is 4.54. The molecule has 126 valence electrons. The minimum Gasteiger partial charge on any atom is -0.296 e. The van der Waals surface area contributed by atoms with Crippen LogP contribution in [-0.4, -0.2) is 13.0 Å². The van der Waals surface area contributed by atoms with Gasteiger partial charge in [0.25, 0.3) is 10.0 Å². The van der Waals surface area contributed by atoms with Gasteiger partial charge in [-0.25, -0.2) is 8.42 Å². The molecule has 24 heavy (non-hydrogen) atoms. The molecular weight excluding hydrogens is 412 g/mol. The van der Waals surface area contributed by atoms with Gasteiger partial charge in [0.2, 0.25) is 0 Å². The average molecular weight is 427 g/mol. The molecule has 1 heterocycles. The van der Waals surface area contributed by atoms with Crippen LogP contribution in [0.1, 0.15) is 19.9 Å². The predicted octanol–water partition coefficient (Wildman–Crippen LogP) is 4.21. The summed E-state index contributed by atoms with van der Waals surface area (Å²) >= 11 is 4.37. The van der Waals surface area contributed by atoms with E-state index in [-0.39, 0.29) is 15.8 Å². The van der Waals surface area contributed by atoms with Gasteiger partial charge in [-0.3, -0.25) is 14.1 Å². The number of sulfonamides is 1. The quantitative estimate of drug-likeness (QED) is 0.679. The van der Waals surface area contributed by atoms with E-state index in [1.54, 1.807) is 41.0 Å². The van der Waals surface area contributed by atoms with Crippen molar-refractivity contribution in [2.45, 2.75) is 24.8 Å². The van der Waals surface area contributed by atoms with E-state index >= 15 is 0 Å². The van der Waals surface area contributed by atoms with Crippen molar-refractivity contribution in [2.24, 2.45) is 0 Å². The third-order valence-corrected chi connectivity index (χ3v) is 6.50. The second-order valence-electron chi connectivity index (χ2n) is 5.55. The molecule has 0 fully saturated rings. The van der Waals surface area contributed by atoms with Crippen LogP contribution >= 0.6 is 27.3 Å². The van der Waals surface area contributed by atoms with Gasteiger partial charge in [0.05, 0.1) is 20.8 Å². The van der Waals surface area contributed by atoms with E-state index in [0.29, 0.717) is 14.9 Å². The van der Waals surface area contributed by atoms with Crippen molar-refractivity contribution in [3.8, 4) is 0 Å². The average Bonchev–Trinajstić information content (AvgIpc) is 2.84. The lowest BCUT2D eigenvalue weighted by Gasteiger charge is -2.10. The van der Waals surface area contributed by atoms with Crippen LogP contribution in [0.5, 0.6) is 0 Å². The highest BCUT2D eigenvalue weighted by Gasteiger charge is 2.18. The smallest absolute Gasteiger partial charge is 0.296 e. The number of fused-ring (bicyclic) bond motifs is 1. The highest BCUT2D eigenvalue weighted by Crippen LogP contribution is 2.27. The summed E-state index contributed by atoms with van der Waals surface area (Å²) in [5.41, 5.74) is 1.21. The summed E-state index contributed by atoms with van der Waals surface area (Å²) in [4.78, 5) is 12.1. The summed E-state index contributed by atoms with van der Waals surface area (Å²) in [6.07, 6.45) is 0. The van der Waals surface area contributed by atoms with E-state index in [4.69, 9.17) is 0 Å². The van der Waals surface area contributed by atoms with E-state index in [1.165, 1.54) is 6.07 Å². The van der Waals surface area contributed by atoms with E-state index in [9.17, 15) is 13.2 Å². The molecule has 0 saturated heterocycles. The van der Waals surface area contributed by atoms with Crippen LogP contribution in [0.2, 0.25) is 0 Å². The monoisotopic (exact) mass is 426 g/mol. The number of thiazole rings is 1. The SMILES string of the molecule is CC(C)n1c(=O)sc2cc(S(=O)(=O)Nc3ccccc3Br)ccc21. The second kappa shape index (κ2) is 6.34. The van der Waals surface area contributed by atoms with E-state index in [2.05, 4.69) is 20.7 Å². The van der Waals surface area contributed by atoms with E-state index in [0.717, 1.165) is 16.9 Å². The molecule has 2 aromatic carbocycles. The van der Waals surface area contributed by atoms with E-state index in [1.807, 2.05) is 13.8 Å². The highest BCUT2D eigenvalue weighted by atomic mass is 79.9. The molecule has 1 N–H and O–H groups in total. The van der Waals surface area contributed by atoms with Gasteiger partial charge in [-0.15, -0.1) is 0 Å². The minimum absolute atomic E-state index is 0.0205. The molecule has 0 saturated carbocycles. The third kappa shape index (κ3) is 3.13. The van der Waals surface area contributed by atoms with Crippen molar-refractivity contribution in [1.29, 1.82) is 0 Å². The molecule has 0 spiro atoms. The summed E-state index contributed by atoms with van der Waals surface area (Å²) in [6, 6.07) is 11.8. The largest absolute Gasteiger partial charge is 0.308 e. The second-order valence-corrected chi connectivity index (χ2v) is 9.08. The number of aromatic nitrogens is 1. The first kappa shape index (κ1) is 17.2. The van der Waals surface area contributed by atoms with Gasteiger partial charge in [0.1, 0.15) is 0 Å². The summed E-state index contributed by atoms with van der Waals surface area (Å²) in [5.74, 6) is 0. The summed E-state index contributed by atoms with van der Waals surface area (Å²) in [5, 5.41) is 0. The van der Waals surface area contributed by atoms with Crippen LogP contribution in [0, 0.1) is 0 Å². The maximum atomic E-state index is 12.6. The van der Waals surface area contributed by atoms with Crippen LogP contribution in [0.4, 0.5) is 5.69 Å². The van der Waals surface area contributed by atoms with Gasteiger partial charge in [0, 0.05) is 10.5 Å². The maximum Gasteiger partial charge on any atom is 0.308 e. The molecule has 0 amide bonds. The van der Waals surface area contributed by atoms with Gasteiger partial charge in [-0.05, 0) is 60.1 Å². The van der Waals surface area contributed by atoms with Crippen LogP contribution in [0.15, 0.2) is 56.6 Å². The lowest BCUT2D eigenvalue weighted by Crippen LogP contribution is -2.15. The number of rotatable bonds is 4. The topological polar surface area (TPSA) is 68.2 Å². The number of nitrogens with one attached hydrogen (secondary N) is 1. The highest BCUT2D eigenvalue weighted by molar-refractivity contribution is 9.10. The fourth-order valence-corrected chi connectivity index (χ4v) is 5.17. The summed E-state index contributed by atoms with van der Waals surface area (Å²) in [7, 11) is -3.74. The first-order chi connectivity index (χ1) is 11.3. The Labute approximate surface area is 152 Å². The van der Waals surface area contributed by atoms with Gasteiger partial charge >= 0.3 is 4.87 Å². The number of benzene rings is 2. The first-order valence-electron chi connectivity index (χ1n) is 7.22. The standard InChI is InChI=1S/C16H15BrN2O3S2/c1-10(2)19-14-8-7-11(9-15(14)23-16(19)20)24(21,22)18-13-6-4-3-5-12(13)17/h3-10,18H,1-2H3. The van der Waals surface area contributed by atoms with E-state index < -0.39 is 10.0 Å². The fourth-order valence-electron chi connectivity index (χ4n) is 2.42. The number of halogens is 1. The zero-order chi connectivity index (χ0) is 17.5. The molecule has 0 radical (unpaired) electrons. The Morgan fingerprint density at radius 3 is 2.54 bits per heavy atom. The number of para-hydroxylation sites is 1. The summed E-state index contributed by atoms with van der Waals surface area (Å²) < 4.78 is 30.8. The normalized spacial score (nSPS) is 12.0. The van der Waals surface area contributed by atoms with Crippen LogP contribution in [0.25, 0.3) is 10.2 Å². The number of hydrogen-bond acceptors (Lipinski definition) is 4. The Bertz CT molecular complexity index is 1070. The fraction of sp³-hybridized carbons (Fsp3) is 0.188. The summed E-state index contributed by atoms with van der Waals surface area (Å²) in [6.45, 7) is 3.85. The van der Waals surface area contributed by atoms with Crippen molar-refractivity contribution in [2.75, 3.05) is 4.72 Å². The zero-order valence-corrected chi connectivity index (χ0v) is 16.2. The molecule has 0 aliphatic heterocycles. The van der Waals surface area contributed by atoms with Crippen LogP contribution < -0.4 is 9.60 Å². The lowest BCUT2D eigenvalue weighted by atomic mass is 10.3. The molecule has 5 nitrogen and oxygen atoms in total.